The minimum atomic E-state index is -0.284. The molecule has 1 aliphatic heterocycles. The Morgan fingerprint density at radius 3 is 2.37 bits per heavy atom. The largest absolute Gasteiger partial charge is 0.489 e. The second-order valence-corrected chi connectivity index (χ2v) is 12.8. The number of aryl methyl sites for hydroxylation is 2. The number of ether oxygens (including phenoxy) is 3. The molecule has 41 heavy (non-hydrogen) atoms. The predicted molar refractivity (Wildman–Crippen MR) is 162 cm³/mol. The van der Waals surface area contributed by atoms with Crippen LogP contribution < -0.4 is 15.0 Å². The van der Waals surface area contributed by atoms with Gasteiger partial charge in [0, 0.05) is 61.4 Å². The van der Waals surface area contributed by atoms with Gasteiger partial charge >= 0.3 is 0 Å². The molecule has 1 aliphatic carbocycles. The SMILES string of the molecule is COCCN(C)C[C@@H]1CN(c2ccc(C(=O)N[C@H]3C(C)(C)[C@H](Oc4cc(C)c(C#N)c(C)c4)C3(C)C)cc2)CCO1. The van der Waals surface area contributed by atoms with Gasteiger partial charge in [0.25, 0.3) is 5.91 Å². The Balaban J connectivity index is 1.37. The van der Waals surface area contributed by atoms with Crippen LogP contribution in [0.5, 0.6) is 5.75 Å². The van der Waals surface area contributed by atoms with Crippen molar-refractivity contribution in [1.29, 1.82) is 5.26 Å². The number of likely N-dealkylation sites (N-methyl/N-ethyl adjacent to an activating group) is 1. The Labute approximate surface area is 245 Å². The zero-order valence-electron chi connectivity index (χ0n) is 25.9. The average molecular weight is 563 g/mol. The van der Waals surface area contributed by atoms with Crippen LogP contribution >= 0.6 is 0 Å². The number of nitrogens with one attached hydrogen (secondary N) is 1. The lowest BCUT2D eigenvalue weighted by Gasteiger charge is -2.63. The van der Waals surface area contributed by atoms with Gasteiger partial charge in [-0.15, -0.1) is 0 Å². The summed E-state index contributed by atoms with van der Waals surface area (Å²) in [6.45, 7) is 17.2. The molecule has 2 aromatic carbocycles. The van der Waals surface area contributed by atoms with E-state index in [0.29, 0.717) is 24.3 Å². The number of rotatable bonds is 10. The number of morpholine rings is 1. The van der Waals surface area contributed by atoms with Gasteiger partial charge in [0.1, 0.15) is 11.9 Å². The van der Waals surface area contributed by atoms with E-state index in [1.165, 1.54) is 0 Å². The average Bonchev–Trinajstić information content (AvgIpc) is 2.93. The van der Waals surface area contributed by atoms with Crippen LogP contribution in [-0.2, 0) is 9.47 Å². The van der Waals surface area contributed by atoms with Crippen molar-refractivity contribution in [3.63, 3.8) is 0 Å². The summed E-state index contributed by atoms with van der Waals surface area (Å²) >= 11 is 0. The minimum absolute atomic E-state index is 0.0668. The normalized spacial score (nSPS) is 23.0. The van der Waals surface area contributed by atoms with Gasteiger partial charge < -0.3 is 29.3 Å². The Morgan fingerprint density at radius 1 is 1.15 bits per heavy atom. The molecule has 1 saturated heterocycles. The number of carbonyl (C=O) groups is 1. The molecule has 1 N–H and O–H groups in total. The highest BCUT2D eigenvalue weighted by Crippen LogP contribution is 2.55. The monoisotopic (exact) mass is 562 g/mol. The first kappa shape index (κ1) is 30.8. The molecule has 0 unspecified atom stereocenters. The lowest BCUT2D eigenvalue weighted by atomic mass is 9.49. The summed E-state index contributed by atoms with van der Waals surface area (Å²) in [4.78, 5) is 17.9. The number of hydrogen-bond donors (Lipinski definition) is 1. The molecule has 2 fully saturated rings. The Kier molecular flexibility index (Phi) is 9.32. The summed E-state index contributed by atoms with van der Waals surface area (Å²) in [7, 11) is 3.80. The molecule has 0 spiro atoms. The second-order valence-electron chi connectivity index (χ2n) is 12.8. The van der Waals surface area contributed by atoms with Crippen molar-refractivity contribution in [2.75, 3.05) is 58.5 Å². The van der Waals surface area contributed by atoms with Crippen molar-refractivity contribution in [2.45, 2.75) is 59.8 Å². The van der Waals surface area contributed by atoms with E-state index in [1.54, 1.807) is 7.11 Å². The van der Waals surface area contributed by atoms with Crippen molar-refractivity contribution < 1.29 is 19.0 Å². The highest BCUT2D eigenvalue weighted by Gasteiger charge is 2.64. The van der Waals surface area contributed by atoms with Crippen molar-refractivity contribution in [2.24, 2.45) is 10.8 Å². The number of amides is 1. The van der Waals surface area contributed by atoms with E-state index < -0.39 is 0 Å². The Hall–Kier alpha value is -3.12. The number of nitrogens with zero attached hydrogens (tertiary/aromatic N) is 3. The van der Waals surface area contributed by atoms with Crippen LogP contribution in [0, 0.1) is 36.0 Å². The van der Waals surface area contributed by atoms with E-state index in [1.807, 2.05) is 50.2 Å². The Morgan fingerprint density at radius 2 is 1.78 bits per heavy atom. The van der Waals surface area contributed by atoms with E-state index in [2.05, 4.69) is 55.9 Å². The molecule has 1 saturated carbocycles. The molecule has 0 bridgehead atoms. The first-order valence-electron chi connectivity index (χ1n) is 14.5. The molecule has 1 atom stereocenters. The first-order valence-corrected chi connectivity index (χ1v) is 14.5. The third-order valence-electron chi connectivity index (χ3n) is 8.81. The van der Waals surface area contributed by atoms with Gasteiger partial charge in [0.2, 0.25) is 0 Å². The number of anilines is 1. The van der Waals surface area contributed by atoms with Crippen LogP contribution in [0.2, 0.25) is 0 Å². The molecular formula is C33H46N4O4. The van der Waals surface area contributed by atoms with Crippen molar-refractivity contribution in [3.05, 3.63) is 58.7 Å². The zero-order valence-corrected chi connectivity index (χ0v) is 25.9. The molecular weight excluding hydrogens is 516 g/mol. The quantitative estimate of drug-likeness (QED) is 0.454. The van der Waals surface area contributed by atoms with E-state index in [-0.39, 0.29) is 35.0 Å². The summed E-state index contributed by atoms with van der Waals surface area (Å²) in [5.41, 5.74) is 3.69. The first-order chi connectivity index (χ1) is 19.4. The predicted octanol–water partition coefficient (Wildman–Crippen LogP) is 4.57. The van der Waals surface area contributed by atoms with Crippen molar-refractivity contribution in [3.8, 4) is 11.8 Å². The smallest absolute Gasteiger partial charge is 0.251 e. The van der Waals surface area contributed by atoms with Gasteiger partial charge in [0.05, 0.1) is 31.0 Å². The number of benzene rings is 2. The lowest BCUT2D eigenvalue weighted by molar-refractivity contribution is -0.164. The van der Waals surface area contributed by atoms with Crippen LogP contribution in [-0.4, -0.2) is 82.6 Å². The van der Waals surface area contributed by atoms with Gasteiger partial charge in [-0.05, 0) is 68.4 Å². The van der Waals surface area contributed by atoms with Crippen LogP contribution in [0.15, 0.2) is 36.4 Å². The third kappa shape index (κ3) is 6.53. The molecule has 1 amide bonds. The van der Waals surface area contributed by atoms with Crippen molar-refractivity contribution >= 4 is 11.6 Å². The second kappa shape index (κ2) is 12.4. The molecule has 0 aromatic heterocycles. The maximum absolute atomic E-state index is 13.4. The highest BCUT2D eigenvalue weighted by molar-refractivity contribution is 5.95. The summed E-state index contributed by atoms with van der Waals surface area (Å²) in [5, 5.41) is 12.7. The number of carbonyl (C=O) groups excluding carboxylic acids is 1. The van der Waals surface area contributed by atoms with Gasteiger partial charge in [0.15, 0.2) is 0 Å². The topological polar surface area (TPSA) is 87.1 Å². The Bertz CT molecular complexity index is 1230. The van der Waals surface area contributed by atoms with Gasteiger partial charge in [-0.1, -0.05) is 27.7 Å². The number of hydrogen-bond acceptors (Lipinski definition) is 7. The molecule has 4 rings (SSSR count). The summed E-state index contributed by atoms with van der Waals surface area (Å²) < 4.78 is 17.7. The van der Waals surface area contributed by atoms with E-state index >= 15 is 0 Å². The van der Waals surface area contributed by atoms with Gasteiger partial charge in [-0.2, -0.15) is 5.26 Å². The maximum atomic E-state index is 13.4. The van der Waals surface area contributed by atoms with Crippen molar-refractivity contribution in [1.82, 2.24) is 10.2 Å². The summed E-state index contributed by atoms with van der Waals surface area (Å²) in [6.07, 6.45) is 0.0289. The lowest BCUT2D eigenvalue weighted by Crippen LogP contribution is -2.74. The zero-order chi connectivity index (χ0) is 29.9. The summed E-state index contributed by atoms with van der Waals surface area (Å²) in [5.74, 6) is 0.684. The van der Waals surface area contributed by atoms with Crippen LogP contribution in [0.25, 0.3) is 0 Å². The fourth-order valence-corrected chi connectivity index (χ4v) is 6.89. The maximum Gasteiger partial charge on any atom is 0.251 e. The molecule has 2 aliphatic rings. The van der Waals surface area contributed by atoms with E-state index in [0.717, 1.165) is 48.7 Å². The van der Waals surface area contributed by atoms with E-state index in [4.69, 9.17) is 14.2 Å². The number of nitriles is 1. The molecule has 2 aromatic rings. The van der Waals surface area contributed by atoms with Crippen LogP contribution in [0.1, 0.15) is 54.7 Å². The molecule has 8 nitrogen and oxygen atoms in total. The molecule has 0 radical (unpaired) electrons. The van der Waals surface area contributed by atoms with Gasteiger partial charge in [-0.25, -0.2) is 0 Å². The van der Waals surface area contributed by atoms with Gasteiger partial charge in [-0.3, -0.25) is 4.79 Å². The minimum Gasteiger partial charge on any atom is -0.489 e. The van der Waals surface area contributed by atoms with Crippen LogP contribution in [0.3, 0.4) is 0 Å². The fraction of sp³-hybridized carbons (Fsp3) is 0.576. The third-order valence-corrected chi connectivity index (χ3v) is 8.81. The molecule has 1 heterocycles. The standard InChI is InChI=1S/C33H46N4O4/c1-22-17-26(18-23(2)28(22)19-34)41-31-32(3,4)30(33(31,5)6)35-29(38)24-9-11-25(12-10-24)37-14-16-40-27(21-37)20-36(7)13-15-39-8/h9-12,17-18,27,30-31H,13-16,20-21H2,1-8H3,(H,35,38)/t27-,30-,31-/m1/s1. The fourth-order valence-electron chi connectivity index (χ4n) is 6.89. The summed E-state index contributed by atoms with van der Waals surface area (Å²) in [6, 6.07) is 14.0. The van der Waals surface area contributed by atoms with Crippen LogP contribution in [0.4, 0.5) is 5.69 Å². The highest BCUT2D eigenvalue weighted by atomic mass is 16.5. The van der Waals surface area contributed by atoms with E-state index in [9.17, 15) is 10.1 Å². The molecule has 222 valence electrons. The number of methoxy groups -OCH3 is 1. The molecule has 8 heteroatoms.